The van der Waals surface area contributed by atoms with Crippen molar-refractivity contribution in [2.75, 3.05) is 18.5 Å². The van der Waals surface area contributed by atoms with Gasteiger partial charge in [-0.3, -0.25) is 19.3 Å². The number of aromatic amines is 2. The minimum Gasteiger partial charge on any atom is -0.379 e. The zero-order chi connectivity index (χ0) is 14.8. The van der Waals surface area contributed by atoms with Crippen molar-refractivity contribution in [3.05, 3.63) is 45.0 Å². The second-order valence-corrected chi connectivity index (χ2v) is 4.68. The summed E-state index contributed by atoms with van der Waals surface area (Å²) in [5.41, 5.74) is -0.997. The van der Waals surface area contributed by atoms with E-state index in [4.69, 9.17) is 4.74 Å². The molecule has 0 saturated carbocycles. The van der Waals surface area contributed by atoms with E-state index in [0.717, 1.165) is 12.5 Å². The smallest absolute Gasteiger partial charge is 0.326 e. The van der Waals surface area contributed by atoms with Crippen molar-refractivity contribution in [2.45, 2.75) is 12.5 Å². The number of carbonyl (C=O) groups is 1. The van der Waals surface area contributed by atoms with Crippen LogP contribution in [-0.2, 0) is 4.74 Å². The predicted octanol–water partition coefficient (Wildman–Crippen LogP) is -0.527. The van der Waals surface area contributed by atoms with Crippen LogP contribution in [0.1, 0.15) is 23.0 Å². The molecular weight excluding hydrogens is 278 g/mol. The molecule has 3 rings (SSSR count). The summed E-state index contributed by atoms with van der Waals surface area (Å²) in [4.78, 5) is 38.5. The second-order valence-electron chi connectivity index (χ2n) is 4.68. The highest BCUT2D eigenvalue weighted by atomic mass is 16.5. The van der Waals surface area contributed by atoms with E-state index in [1.165, 1.54) is 6.20 Å². The Morgan fingerprint density at radius 2 is 2.29 bits per heavy atom. The first-order chi connectivity index (χ1) is 10.1. The second kappa shape index (κ2) is 5.37. The van der Waals surface area contributed by atoms with Crippen LogP contribution in [0.5, 0.6) is 0 Å². The number of H-pyrrole nitrogens is 2. The molecule has 0 radical (unpaired) electrons. The fourth-order valence-corrected chi connectivity index (χ4v) is 2.12. The number of aromatic nitrogens is 4. The van der Waals surface area contributed by atoms with Gasteiger partial charge in [0, 0.05) is 18.9 Å². The molecule has 9 nitrogen and oxygen atoms in total. The zero-order valence-electron chi connectivity index (χ0n) is 11.0. The fourth-order valence-electron chi connectivity index (χ4n) is 2.12. The van der Waals surface area contributed by atoms with Gasteiger partial charge in [0.1, 0.15) is 5.69 Å². The van der Waals surface area contributed by atoms with Gasteiger partial charge in [-0.2, -0.15) is 5.10 Å². The van der Waals surface area contributed by atoms with Gasteiger partial charge in [0.15, 0.2) is 0 Å². The van der Waals surface area contributed by atoms with Gasteiger partial charge in [-0.1, -0.05) is 0 Å². The van der Waals surface area contributed by atoms with Crippen molar-refractivity contribution >= 4 is 11.6 Å². The molecule has 1 aliphatic rings. The van der Waals surface area contributed by atoms with Gasteiger partial charge in [0.05, 0.1) is 24.5 Å². The molecule has 3 heterocycles. The van der Waals surface area contributed by atoms with Crippen LogP contribution in [0.15, 0.2) is 28.0 Å². The lowest BCUT2D eigenvalue weighted by Gasteiger charge is -2.06. The maximum Gasteiger partial charge on any atom is 0.326 e. The SMILES string of the molecule is O=C(Nc1cnn([C@@H]2CCOC2)c1)c1cc(=O)[nH]c(=O)[nH]1. The van der Waals surface area contributed by atoms with E-state index in [9.17, 15) is 14.4 Å². The third kappa shape index (κ3) is 2.92. The van der Waals surface area contributed by atoms with Crippen LogP contribution in [0.4, 0.5) is 5.69 Å². The minimum atomic E-state index is -0.730. The number of nitrogens with zero attached hydrogens (tertiary/aromatic N) is 2. The van der Waals surface area contributed by atoms with Crippen LogP contribution in [0.3, 0.4) is 0 Å². The Morgan fingerprint density at radius 3 is 3.00 bits per heavy atom. The highest BCUT2D eigenvalue weighted by molar-refractivity contribution is 6.02. The fraction of sp³-hybridized carbons (Fsp3) is 0.333. The van der Waals surface area contributed by atoms with Crippen LogP contribution in [0.2, 0.25) is 0 Å². The first-order valence-corrected chi connectivity index (χ1v) is 6.39. The maximum atomic E-state index is 12.0. The Kier molecular flexibility index (Phi) is 3.40. The van der Waals surface area contributed by atoms with Crippen LogP contribution in [-0.4, -0.2) is 38.9 Å². The maximum absolute atomic E-state index is 12.0. The van der Waals surface area contributed by atoms with Crippen LogP contribution >= 0.6 is 0 Å². The number of nitrogens with one attached hydrogen (secondary N) is 3. The molecule has 0 bridgehead atoms. The molecule has 1 amide bonds. The summed E-state index contributed by atoms with van der Waals surface area (Å²) >= 11 is 0. The summed E-state index contributed by atoms with van der Waals surface area (Å²) in [6, 6.07) is 1.18. The molecular formula is C12H13N5O4. The summed E-state index contributed by atoms with van der Waals surface area (Å²) < 4.78 is 7.00. The van der Waals surface area contributed by atoms with Crippen molar-refractivity contribution in [2.24, 2.45) is 0 Å². The lowest BCUT2D eigenvalue weighted by Crippen LogP contribution is -2.27. The van der Waals surface area contributed by atoms with Crippen molar-refractivity contribution < 1.29 is 9.53 Å². The average molecular weight is 291 g/mol. The summed E-state index contributed by atoms with van der Waals surface area (Å²) in [6.07, 6.45) is 4.06. The van der Waals surface area contributed by atoms with E-state index >= 15 is 0 Å². The van der Waals surface area contributed by atoms with Crippen molar-refractivity contribution in [1.82, 2.24) is 19.7 Å². The standard InChI is InChI=1S/C12H13N5O4/c18-10-3-9(15-12(20)16-10)11(19)14-7-4-13-17(5-7)8-1-2-21-6-8/h3-5,8H,1-2,6H2,(H,14,19)(H2,15,16,18,20)/t8-/m1/s1. The predicted molar refractivity (Wildman–Crippen MR) is 72.3 cm³/mol. The monoisotopic (exact) mass is 291 g/mol. The lowest BCUT2D eigenvalue weighted by atomic mass is 10.3. The number of hydrogen-bond donors (Lipinski definition) is 3. The number of carbonyl (C=O) groups excluding carboxylic acids is 1. The highest BCUT2D eigenvalue weighted by Crippen LogP contribution is 2.19. The Bertz CT molecular complexity index is 740. The first kappa shape index (κ1) is 13.3. The van der Waals surface area contributed by atoms with Crippen LogP contribution < -0.4 is 16.6 Å². The van der Waals surface area contributed by atoms with Gasteiger partial charge < -0.3 is 15.0 Å². The molecule has 1 aliphatic heterocycles. The van der Waals surface area contributed by atoms with Gasteiger partial charge in [-0.15, -0.1) is 0 Å². The molecule has 0 spiro atoms. The van der Waals surface area contributed by atoms with Crippen molar-refractivity contribution in [3.63, 3.8) is 0 Å². The van der Waals surface area contributed by atoms with Gasteiger partial charge in [0.25, 0.3) is 11.5 Å². The Morgan fingerprint density at radius 1 is 1.43 bits per heavy atom. The lowest BCUT2D eigenvalue weighted by molar-refractivity contribution is 0.102. The molecule has 1 fully saturated rings. The topological polar surface area (TPSA) is 122 Å². The summed E-state index contributed by atoms with van der Waals surface area (Å²) in [5, 5.41) is 6.73. The largest absolute Gasteiger partial charge is 0.379 e. The van der Waals surface area contributed by atoms with Crippen molar-refractivity contribution in [3.8, 4) is 0 Å². The third-order valence-corrected chi connectivity index (χ3v) is 3.14. The Balaban J connectivity index is 1.75. The van der Waals surface area contributed by atoms with Crippen molar-refractivity contribution in [1.29, 1.82) is 0 Å². The molecule has 2 aromatic heterocycles. The molecule has 3 N–H and O–H groups in total. The van der Waals surface area contributed by atoms with Crippen LogP contribution in [0.25, 0.3) is 0 Å². The van der Waals surface area contributed by atoms with Gasteiger partial charge in [0.2, 0.25) is 0 Å². The molecule has 21 heavy (non-hydrogen) atoms. The average Bonchev–Trinajstić information content (AvgIpc) is 3.07. The summed E-state index contributed by atoms with van der Waals surface area (Å²) in [7, 11) is 0. The van der Waals surface area contributed by atoms with E-state index in [1.54, 1.807) is 10.9 Å². The molecule has 1 atom stereocenters. The molecule has 110 valence electrons. The molecule has 9 heteroatoms. The number of amides is 1. The molecule has 1 saturated heterocycles. The number of ether oxygens (including phenoxy) is 1. The third-order valence-electron chi connectivity index (χ3n) is 3.14. The normalized spacial score (nSPS) is 17.8. The van der Waals surface area contributed by atoms with E-state index in [1.807, 2.05) is 4.98 Å². The van der Waals surface area contributed by atoms with E-state index in [-0.39, 0.29) is 11.7 Å². The molecule has 0 aromatic carbocycles. The minimum absolute atomic E-state index is 0.110. The number of rotatable bonds is 3. The Hall–Kier alpha value is -2.68. The van der Waals surface area contributed by atoms with Crippen LogP contribution in [0, 0.1) is 0 Å². The first-order valence-electron chi connectivity index (χ1n) is 6.39. The Labute approximate surface area is 118 Å². The van der Waals surface area contributed by atoms with E-state index in [2.05, 4.69) is 15.4 Å². The van der Waals surface area contributed by atoms with E-state index in [0.29, 0.717) is 18.9 Å². The van der Waals surface area contributed by atoms with Gasteiger partial charge >= 0.3 is 5.69 Å². The quantitative estimate of drug-likeness (QED) is 0.702. The van der Waals surface area contributed by atoms with E-state index < -0.39 is 17.2 Å². The molecule has 0 unspecified atom stereocenters. The molecule has 0 aliphatic carbocycles. The summed E-state index contributed by atoms with van der Waals surface area (Å²) in [5.74, 6) is -0.583. The molecule has 2 aromatic rings. The zero-order valence-corrected chi connectivity index (χ0v) is 11.0. The number of anilines is 1. The summed E-state index contributed by atoms with van der Waals surface area (Å²) in [6.45, 7) is 1.29. The van der Waals surface area contributed by atoms with Gasteiger partial charge in [-0.25, -0.2) is 4.79 Å². The number of hydrogen-bond acceptors (Lipinski definition) is 5. The highest BCUT2D eigenvalue weighted by Gasteiger charge is 2.18. The van der Waals surface area contributed by atoms with Gasteiger partial charge in [-0.05, 0) is 6.42 Å².